The highest BCUT2D eigenvalue weighted by Crippen LogP contribution is 2.41. The number of ether oxygens (including phenoxy) is 1. The number of fused-ring (bicyclic) bond motifs is 5. The van der Waals surface area contributed by atoms with Gasteiger partial charge in [0.05, 0.1) is 11.6 Å². The van der Waals surface area contributed by atoms with Gasteiger partial charge in [0, 0.05) is 24.4 Å². The number of rotatable bonds is 0. The van der Waals surface area contributed by atoms with Crippen LogP contribution in [-0.4, -0.2) is 40.4 Å². The summed E-state index contributed by atoms with van der Waals surface area (Å²) in [6.07, 6.45) is -0.168. The molecule has 0 spiro atoms. The molecule has 0 saturated heterocycles. The Balaban J connectivity index is 1.94. The van der Waals surface area contributed by atoms with Crippen molar-refractivity contribution in [2.75, 3.05) is 24.8 Å². The van der Waals surface area contributed by atoms with Gasteiger partial charge in [-0.05, 0) is 19.1 Å². The third-order valence-corrected chi connectivity index (χ3v) is 5.20. The summed E-state index contributed by atoms with van der Waals surface area (Å²) in [6.45, 7) is 1.73. The Labute approximate surface area is 169 Å². The highest BCUT2D eigenvalue weighted by molar-refractivity contribution is 5.96. The number of carbonyl (C=O) groups excluding carboxylic acids is 1. The summed E-state index contributed by atoms with van der Waals surface area (Å²) in [5, 5.41) is 11.8. The first kappa shape index (κ1) is 19.9. The molecule has 1 aromatic heterocycles. The Hall–Kier alpha value is -3.43. The predicted molar refractivity (Wildman–Crippen MR) is 101 cm³/mol. The van der Waals surface area contributed by atoms with Gasteiger partial charge in [0.25, 0.3) is 5.91 Å². The number of hydrogen-bond donors (Lipinski definition) is 1. The molecule has 0 aliphatic carbocycles. The fraction of sp³-hybridized carbons (Fsp3) is 0.300. The van der Waals surface area contributed by atoms with E-state index in [1.807, 2.05) is 0 Å². The van der Waals surface area contributed by atoms with Gasteiger partial charge in [0.1, 0.15) is 19.0 Å². The number of hydrogen-bond acceptors (Lipinski definition) is 5. The van der Waals surface area contributed by atoms with Gasteiger partial charge in [-0.25, -0.2) is 0 Å². The lowest BCUT2D eigenvalue weighted by molar-refractivity contribution is -0.138. The van der Waals surface area contributed by atoms with E-state index in [-0.39, 0.29) is 36.8 Å². The van der Waals surface area contributed by atoms with Gasteiger partial charge in [-0.2, -0.15) is 13.2 Å². The van der Waals surface area contributed by atoms with Crippen LogP contribution >= 0.6 is 0 Å². The van der Waals surface area contributed by atoms with Crippen LogP contribution in [0.15, 0.2) is 47.4 Å². The number of carbonyl (C=O) groups is 1. The van der Waals surface area contributed by atoms with E-state index in [9.17, 15) is 27.9 Å². The SMILES string of the molecule is C[C@H]1c2cccc(C(F)(F)F)c2OC/C=C\CN2CN1n1ccc(=O)c(O)c1C2=O. The van der Waals surface area contributed by atoms with Gasteiger partial charge in [-0.15, -0.1) is 0 Å². The van der Waals surface area contributed by atoms with Crippen molar-refractivity contribution in [2.24, 2.45) is 0 Å². The lowest BCUT2D eigenvalue weighted by Crippen LogP contribution is -2.54. The van der Waals surface area contributed by atoms with Gasteiger partial charge in [0.15, 0.2) is 11.4 Å². The molecule has 10 heteroatoms. The van der Waals surface area contributed by atoms with Crippen molar-refractivity contribution in [1.29, 1.82) is 0 Å². The van der Waals surface area contributed by atoms with Crippen LogP contribution in [0.4, 0.5) is 13.2 Å². The van der Waals surface area contributed by atoms with E-state index in [1.54, 1.807) is 18.0 Å². The van der Waals surface area contributed by atoms with E-state index in [0.717, 1.165) is 12.1 Å². The Bertz CT molecular complexity index is 1090. The summed E-state index contributed by atoms with van der Waals surface area (Å²) < 4.78 is 47.6. The van der Waals surface area contributed by atoms with Gasteiger partial charge in [-0.3, -0.25) is 19.3 Å². The molecule has 0 fully saturated rings. The third-order valence-electron chi connectivity index (χ3n) is 5.20. The van der Waals surface area contributed by atoms with Crippen molar-refractivity contribution in [3.8, 4) is 11.5 Å². The highest BCUT2D eigenvalue weighted by Gasteiger charge is 2.39. The molecule has 1 N–H and O–H groups in total. The fourth-order valence-corrected chi connectivity index (χ4v) is 3.67. The standard InChI is InChI=1S/C20H18F3N3O4/c1-12-13-5-4-6-14(20(21,22)23)18(13)30-10-3-2-8-24-11-26(12)25-9-7-15(27)17(28)16(25)19(24)29/h2-7,9,12,28H,8,10-11H2,1H3/b3-2-/t12-/m0/s1. The molecule has 7 nitrogen and oxygen atoms in total. The molecule has 4 rings (SSSR count). The number of nitrogens with zero attached hydrogens (tertiary/aromatic N) is 3. The fourth-order valence-electron chi connectivity index (χ4n) is 3.67. The van der Waals surface area contributed by atoms with Gasteiger partial charge in [0.2, 0.25) is 5.43 Å². The van der Waals surface area contributed by atoms with Gasteiger partial charge < -0.3 is 14.7 Å². The van der Waals surface area contributed by atoms with Crippen LogP contribution in [0.3, 0.4) is 0 Å². The van der Waals surface area contributed by atoms with Gasteiger partial charge >= 0.3 is 6.18 Å². The maximum Gasteiger partial charge on any atom is 0.419 e. The van der Waals surface area contributed by atoms with E-state index < -0.39 is 34.9 Å². The molecule has 0 saturated carbocycles. The number of aromatic hydroxyl groups is 1. The second-order valence-corrected chi connectivity index (χ2v) is 7.01. The summed E-state index contributed by atoms with van der Waals surface area (Å²) in [7, 11) is 0. The quantitative estimate of drug-likeness (QED) is 0.662. The van der Waals surface area contributed by atoms with Crippen LogP contribution in [0.5, 0.6) is 11.5 Å². The number of para-hydroxylation sites is 1. The monoisotopic (exact) mass is 421 g/mol. The van der Waals surface area contributed by atoms with E-state index >= 15 is 0 Å². The van der Waals surface area contributed by atoms with Crippen LogP contribution in [0.2, 0.25) is 0 Å². The smallest absolute Gasteiger partial charge is 0.419 e. The van der Waals surface area contributed by atoms with Crippen molar-refractivity contribution in [3.05, 3.63) is 69.7 Å². The van der Waals surface area contributed by atoms with Crippen molar-refractivity contribution in [3.63, 3.8) is 0 Å². The average molecular weight is 421 g/mol. The zero-order chi connectivity index (χ0) is 21.6. The number of aromatic nitrogens is 1. The van der Waals surface area contributed by atoms with Crippen LogP contribution in [-0.2, 0) is 6.18 Å². The van der Waals surface area contributed by atoms with Crippen LogP contribution < -0.4 is 15.2 Å². The minimum atomic E-state index is -4.61. The second kappa shape index (κ2) is 7.12. The number of benzene rings is 1. The van der Waals surface area contributed by atoms with Crippen molar-refractivity contribution >= 4 is 5.91 Å². The molecule has 2 bridgehead atoms. The minimum Gasteiger partial charge on any atom is -0.502 e. The summed E-state index contributed by atoms with van der Waals surface area (Å²) in [5.74, 6) is -1.55. The van der Waals surface area contributed by atoms with Crippen LogP contribution in [0, 0.1) is 0 Å². The molecule has 0 unspecified atom stereocenters. The first-order valence-corrected chi connectivity index (χ1v) is 9.19. The molecule has 2 aromatic rings. The van der Waals surface area contributed by atoms with Crippen molar-refractivity contribution in [2.45, 2.75) is 19.1 Å². The Morgan fingerprint density at radius 1 is 1.17 bits per heavy atom. The summed E-state index contributed by atoms with van der Waals surface area (Å²) in [5.41, 5.74) is -1.58. The normalized spacial score (nSPS) is 20.0. The molecule has 3 heterocycles. The molecule has 1 amide bonds. The molecule has 1 atom stereocenters. The van der Waals surface area contributed by atoms with E-state index in [4.69, 9.17) is 4.74 Å². The first-order valence-electron chi connectivity index (χ1n) is 9.19. The summed E-state index contributed by atoms with van der Waals surface area (Å²) in [6, 6.07) is 4.20. The lowest BCUT2D eigenvalue weighted by atomic mass is 10.0. The number of amides is 1. The number of halogens is 3. The van der Waals surface area contributed by atoms with Gasteiger partial charge in [-0.1, -0.05) is 18.2 Å². The maximum atomic E-state index is 13.6. The van der Waals surface area contributed by atoms with E-state index in [2.05, 4.69) is 0 Å². The largest absolute Gasteiger partial charge is 0.502 e. The molecule has 0 radical (unpaired) electrons. The molecule has 158 valence electrons. The molecule has 2 aliphatic heterocycles. The second-order valence-electron chi connectivity index (χ2n) is 7.01. The molecular weight excluding hydrogens is 403 g/mol. The topological polar surface area (TPSA) is 75.0 Å². The predicted octanol–water partition coefficient (Wildman–Crippen LogP) is 2.63. The lowest BCUT2D eigenvalue weighted by Gasteiger charge is -2.42. The number of pyridine rings is 1. The van der Waals surface area contributed by atoms with E-state index in [0.29, 0.717) is 0 Å². The molecular formula is C20H18F3N3O4. The first-order chi connectivity index (χ1) is 14.2. The van der Waals surface area contributed by atoms with Crippen LogP contribution in [0.1, 0.15) is 34.6 Å². The maximum absolute atomic E-state index is 13.6. The Morgan fingerprint density at radius 3 is 2.67 bits per heavy atom. The molecule has 1 aromatic carbocycles. The third kappa shape index (κ3) is 3.17. The number of alkyl halides is 3. The highest BCUT2D eigenvalue weighted by atomic mass is 19.4. The molecule has 2 aliphatic rings. The Morgan fingerprint density at radius 2 is 1.93 bits per heavy atom. The van der Waals surface area contributed by atoms with E-state index in [1.165, 1.54) is 34.0 Å². The molecule has 30 heavy (non-hydrogen) atoms. The zero-order valence-electron chi connectivity index (χ0n) is 15.9. The minimum absolute atomic E-state index is 0.0370. The van der Waals surface area contributed by atoms with Crippen molar-refractivity contribution in [1.82, 2.24) is 9.58 Å². The van der Waals surface area contributed by atoms with Crippen LogP contribution in [0.25, 0.3) is 0 Å². The average Bonchev–Trinajstić information content (AvgIpc) is 2.72. The zero-order valence-corrected chi connectivity index (χ0v) is 15.9. The summed E-state index contributed by atoms with van der Waals surface area (Å²) >= 11 is 0. The summed E-state index contributed by atoms with van der Waals surface area (Å²) in [4.78, 5) is 26.2. The van der Waals surface area contributed by atoms with Crippen molar-refractivity contribution < 1.29 is 27.8 Å². The Kier molecular flexibility index (Phi) is 4.71.